The molecule has 9 nitrogen and oxygen atoms in total. The van der Waals surface area contributed by atoms with Crippen LogP contribution in [-0.4, -0.2) is 79.2 Å². The van der Waals surface area contributed by atoms with Crippen molar-refractivity contribution < 1.29 is 24.2 Å². The standard InChI is InChI=1S/C31H42N4O5/c1-4-22(2)28-31(39)35(3)26(16-19-36)30(38)34-25(21-23-11-6-5-7-12-23)29(37)33-17-10-14-24-13-8-9-15-27(24)40-20-18-32-28/h5-15,22,25-26,28,32,36H,4,16-21H2,1-3H3,(H,33,37)(H,34,38)/t22?,25-,26+,28+/m1/s1. The monoisotopic (exact) mass is 550 g/mol. The van der Waals surface area contributed by atoms with Crippen molar-refractivity contribution in [1.29, 1.82) is 0 Å². The highest BCUT2D eigenvalue weighted by Gasteiger charge is 2.34. The Kier molecular flexibility index (Phi) is 12.2. The predicted molar refractivity (Wildman–Crippen MR) is 156 cm³/mol. The topological polar surface area (TPSA) is 120 Å². The average molecular weight is 551 g/mol. The molecule has 4 atom stereocenters. The number of aliphatic hydroxyl groups is 1. The summed E-state index contributed by atoms with van der Waals surface area (Å²) < 4.78 is 6.01. The van der Waals surface area contributed by atoms with Gasteiger partial charge in [-0.05, 0) is 24.0 Å². The number of aliphatic hydroxyl groups excluding tert-OH is 1. The van der Waals surface area contributed by atoms with Crippen LogP contribution in [0.1, 0.15) is 37.8 Å². The van der Waals surface area contributed by atoms with Crippen LogP contribution in [0.2, 0.25) is 0 Å². The molecule has 1 unspecified atom stereocenters. The van der Waals surface area contributed by atoms with Crippen molar-refractivity contribution in [2.45, 2.75) is 51.2 Å². The molecular formula is C31H42N4O5. The molecule has 2 aromatic carbocycles. The highest BCUT2D eigenvalue weighted by atomic mass is 16.5. The van der Waals surface area contributed by atoms with Crippen molar-refractivity contribution in [3.8, 4) is 5.75 Å². The lowest BCUT2D eigenvalue weighted by atomic mass is 9.96. The minimum absolute atomic E-state index is 0.00906. The van der Waals surface area contributed by atoms with Crippen molar-refractivity contribution >= 4 is 23.8 Å². The van der Waals surface area contributed by atoms with Crippen molar-refractivity contribution in [2.75, 3.05) is 33.4 Å². The highest BCUT2D eigenvalue weighted by molar-refractivity contribution is 5.93. The summed E-state index contributed by atoms with van der Waals surface area (Å²) in [5, 5.41) is 18.8. The summed E-state index contributed by atoms with van der Waals surface area (Å²) in [6, 6.07) is 14.7. The molecule has 3 amide bonds. The Hall–Kier alpha value is -3.69. The molecule has 0 radical (unpaired) electrons. The van der Waals surface area contributed by atoms with Gasteiger partial charge in [0.15, 0.2) is 0 Å². The molecule has 3 rings (SSSR count). The van der Waals surface area contributed by atoms with Gasteiger partial charge in [-0.25, -0.2) is 0 Å². The predicted octanol–water partition coefficient (Wildman–Crippen LogP) is 2.15. The van der Waals surface area contributed by atoms with E-state index in [1.54, 1.807) is 7.05 Å². The number of para-hydroxylation sites is 1. The number of fused-ring (bicyclic) bond motifs is 1. The third kappa shape index (κ3) is 8.66. The number of rotatable bonds is 6. The van der Waals surface area contributed by atoms with Gasteiger partial charge in [-0.15, -0.1) is 0 Å². The first-order valence-corrected chi connectivity index (χ1v) is 14.0. The van der Waals surface area contributed by atoms with E-state index in [9.17, 15) is 19.5 Å². The first-order chi connectivity index (χ1) is 19.3. The first kappa shape index (κ1) is 30.8. The summed E-state index contributed by atoms with van der Waals surface area (Å²) in [5.41, 5.74) is 1.75. The molecule has 216 valence electrons. The lowest BCUT2D eigenvalue weighted by Gasteiger charge is -2.33. The molecule has 0 aliphatic carbocycles. The Bertz CT molecular complexity index is 1140. The second-order valence-corrected chi connectivity index (χ2v) is 10.1. The number of likely N-dealkylation sites (N-methyl/N-ethyl adjacent to an activating group) is 1. The second kappa shape index (κ2) is 15.8. The van der Waals surface area contributed by atoms with Crippen molar-refractivity contribution in [2.24, 2.45) is 5.92 Å². The first-order valence-electron chi connectivity index (χ1n) is 14.0. The quantitative estimate of drug-likeness (QED) is 0.438. The summed E-state index contributed by atoms with van der Waals surface area (Å²) in [4.78, 5) is 41.9. The fourth-order valence-corrected chi connectivity index (χ4v) is 4.68. The smallest absolute Gasteiger partial charge is 0.243 e. The van der Waals surface area contributed by atoms with E-state index in [-0.39, 0.29) is 43.7 Å². The molecule has 0 saturated heterocycles. The van der Waals surface area contributed by atoms with Gasteiger partial charge in [0, 0.05) is 38.7 Å². The molecule has 0 spiro atoms. The van der Waals surface area contributed by atoms with Gasteiger partial charge < -0.3 is 30.7 Å². The number of hydrogen-bond acceptors (Lipinski definition) is 6. The number of hydrogen-bond donors (Lipinski definition) is 4. The largest absolute Gasteiger partial charge is 0.492 e. The summed E-state index contributed by atoms with van der Waals surface area (Å²) >= 11 is 0. The third-order valence-corrected chi connectivity index (χ3v) is 7.25. The number of carbonyl (C=O) groups is 3. The van der Waals surface area contributed by atoms with E-state index in [0.29, 0.717) is 18.9 Å². The third-order valence-electron chi connectivity index (χ3n) is 7.25. The van der Waals surface area contributed by atoms with Crippen LogP contribution in [0, 0.1) is 5.92 Å². The second-order valence-electron chi connectivity index (χ2n) is 10.1. The van der Waals surface area contributed by atoms with Crippen LogP contribution in [0.25, 0.3) is 6.08 Å². The van der Waals surface area contributed by atoms with E-state index in [0.717, 1.165) is 17.5 Å². The van der Waals surface area contributed by atoms with Crippen LogP contribution < -0.4 is 20.7 Å². The Balaban J connectivity index is 1.94. The van der Waals surface area contributed by atoms with E-state index in [2.05, 4.69) is 16.0 Å². The summed E-state index contributed by atoms with van der Waals surface area (Å²) in [6.45, 7) is 4.73. The molecule has 4 N–H and O–H groups in total. The SMILES string of the molecule is CCC(C)[C@@H]1NCCOc2ccccc2C=CCNC(=O)[C@@H](Cc2ccccc2)NC(=O)[C@H](CCO)N(C)C1=O. The van der Waals surface area contributed by atoms with Crippen molar-refractivity contribution in [1.82, 2.24) is 20.9 Å². The van der Waals surface area contributed by atoms with Gasteiger partial charge in [-0.3, -0.25) is 14.4 Å². The zero-order chi connectivity index (χ0) is 28.9. The number of nitrogens with zero attached hydrogens (tertiary/aromatic N) is 1. The molecule has 0 bridgehead atoms. The van der Waals surface area contributed by atoms with E-state index < -0.39 is 24.0 Å². The number of benzene rings is 2. The van der Waals surface area contributed by atoms with Gasteiger partial charge in [0.25, 0.3) is 0 Å². The molecule has 0 aromatic heterocycles. The number of ether oxygens (including phenoxy) is 1. The molecular weight excluding hydrogens is 508 g/mol. The normalized spacial score (nSPS) is 22.2. The molecule has 2 aromatic rings. The lowest BCUT2D eigenvalue weighted by molar-refractivity contribution is -0.142. The van der Waals surface area contributed by atoms with Gasteiger partial charge in [-0.1, -0.05) is 81.0 Å². The van der Waals surface area contributed by atoms with Crippen LogP contribution in [0.5, 0.6) is 5.75 Å². The number of carbonyl (C=O) groups excluding carboxylic acids is 3. The molecule has 1 aliphatic rings. The number of amides is 3. The fourth-order valence-electron chi connectivity index (χ4n) is 4.68. The molecule has 0 fully saturated rings. The summed E-state index contributed by atoms with van der Waals surface area (Å²) in [7, 11) is 1.57. The summed E-state index contributed by atoms with van der Waals surface area (Å²) in [6.07, 6.45) is 4.79. The molecule has 1 aliphatic heterocycles. The molecule has 40 heavy (non-hydrogen) atoms. The lowest BCUT2D eigenvalue weighted by Crippen LogP contribution is -2.58. The number of nitrogens with one attached hydrogen (secondary N) is 3. The van der Waals surface area contributed by atoms with E-state index >= 15 is 0 Å². The maximum absolute atomic E-state index is 13.7. The summed E-state index contributed by atoms with van der Waals surface area (Å²) in [5.74, 6) is -0.392. The van der Waals surface area contributed by atoms with Gasteiger partial charge >= 0.3 is 0 Å². The average Bonchev–Trinajstić information content (AvgIpc) is 2.97. The van der Waals surface area contributed by atoms with Gasteiger partial charge in [0.2, 0.25) is 17.7 Å². The Labute approximate surface area is 237 Å². The van der Waals surface area contributed by atoms with E-state index in [1.807, 2.05) is 80.6 Å². The van der Waals surface area contributed by atoms with Gasteiger partial charge in [0.1, 0.15) is 24.4 Å². The van der Waals surface area contributed by atoms with Crippen molar-refractivity contribution in [3.63, 3.8) is 0 Å². The fraction of sp³-hybridized carbons (Fsp3) is 0.452. The van der Waals surface area contributed by atoms with Gasteiger partial charge in [0.05, 0.1) is 6.04 Å². The molecule has 0 saturated carbocycles. The zero-order valence-electron chi connectivity index (χ0n) is 23.6. The van der Waals surface area contributed by atoms with Crippen LogP contribution in [-0.2, 0) is 20.8 Å². The molecule has 9 heteroatoms. The van der Waals surface area contributed by atoms with E-state index in [1.165, 1.54) is 4.90 Å². The highest BCUT2D eigenvalue weighted by Crippen LogP contribution is 2.20. The van der Waals surface area contributed by atoms with Crippen molar-refractivity contribution in [3.05, 3.63) is 71.8 Å². The van der Waals surface area contributed by atoms with Crippen LogP contribution in [0.3, 0.4) is 0 Å². The minimum atomic E-state index is -0.946. The van der Waals surface area contributed by atoms with E-state index in [4.69, 9.17) is 4.74 Å². The Morgan fingerprint density at radius 2 is 1.77 bits per heavy atom. The van der Waals surface area contributed by atoms with Crippen LogP contribution in [0.15, 0.2) is 60.7 Å². The van der Waals surface area contributed by atoms with Crippen LogP contribution >= 0.6 is 0 Å². The van der Waals surface area contributed by atoms with Crippen LogP contribution in [0.4, 0.5) is 0 Å². The maximum Gasteiger partial charge on any atom is 0.243 e. The van der Waals surface area contributed by atoms with Gasteiger partial charge in [-0.2, -0.15) is 0 Å². The Morgan fingerprint density at radius 3 is 2.50 bits per heavy atom. The zero-order valence-corrected chi connectivity index (χ0v) is 23.6. The molecule has 1 heterocycles. The Morgan fingerprint density at radius 1 is 1.05 bits per heavy atom. The minimum Gasteiger partial charge on any atom is -0.492 e. The maximum atomic E-state index is 13.7.